The van der Waals surface area contributed by atoms with E-state index in [2.05, 4.69) is 63.5 Å². The third-order valence-corrected chi connectivity index (χ3v) is 6.52. The zero-order valence-corrected chi connectivity index (χ0v) is 20.1. The fourth-order valence-corrected chi connectivity index (χ4v) is 4.60. The second kappa shape index (κ2) is 12.5. The number of aromatic nitrogens is 1. The number of thioether (sulfide) groups is 1. The third-order valence-electron chi connectivity index (χ3n) is 4.22. The smallest absolute Gasteiger partial charge is 0.223 e. The second-order valence-electron chi connectivity index (χ2n) is 6.78. The van der Waals surface area contributed by atoms with Crippen LogP contribution in [0.2, 0.25) is 0 Å². The van der Waals surface area contributed by atoms with Crippen molar-refractivity contribution in [3.8, 4) is 23.1 Å². The van der Waals surface area contributed by atoms with Crippen molar-refractivity contribution in [3.63, 3.8) is 0 Å². The van der Waals surface area contributed by atoms with Crippen LogP contribution in [-0.4, -0.2) is 22.9 Å². The van der Waals surface area contributed by atoms with E-state index in [0.717, 1.165) is 33.8 Å². The number of thiazole rings is 1. The van der Waals surface area contributed by atoms with Crippen LogP contribution in [0.4, 0.5) is 10.8 Å². The molecule has 0 atom stereocenters. The van der Waals surface area contributed by atoms with Gasteiger partial charge < -0.3 is 10.0 Å². The van der Waals surface area contributed by atoms with Crippen LogP contribution in [0.25, 0.3) is 11.3 Å². The fourth-order valence-electron chi connectivity index (χ4n) is 2.70. The van der Waals surface area contributed by atoms with Crippen LogP contribution in [-0.2, 0) is 4.79 Å². The molecule has 1 aromatic heterocycles. The predicted molar refractivity (Wildman–Crippen MR) is 137 cm³/mol. The van der Waals surface area contributed by atoms with Crippen molar-refractivity contribution in [3.05, 3.63) is 59.5 Å². The number of nitrogens with one attached hydrogen (secondary N) is 2. The third kappa shape index (κ3) is 7.98. The monoisotopic (exact) mass is 467 g/mol. The maximum absolute atomic E-state index is 11.2. The number of benzene rings is 2. The molecule has 160 valence electrons. The first kappa shape index (κ1) is 23.3. The first-order valence-electron chi connectivity index (χ1n) is 9.98. The highest BCUT2D eigenvalue weighted by atomic mass is 32.2. The summed E-state index contributed by atoms with van der Waals surface area (Å²) in [6, 6.07) is 16.4. The van der Waals surface area contributed by atoms with Gasteiger partial charge >= 0.3 is 0 Å². The minimum Gasteiger partial charge on any atom is -0.326 e. The summed E-state index contributed by atoms with van der Waals surface area (Å²) in [6.45, 7) is 1.48. The van der Waals surface area contributed by atoms with E-state index in [0.29, 0.717) is 5.13 Å². The van der Waals surface area contributed by atoms with E-state index in [4.69, 9.17) is 0 Å². The standard InChI is InChI=1S/C24H25N3OS3/c1-18(28)25-24-26-23(17-30-24)20-9-7-10-21(16-20)27-31-22-13-11-19(12-14-22)8-5-3-4-6-15-29-2/h7,9-14,16-17,27H,3-4,6,15H2,1-2H3,(H,25,26,28). The van der Waals surface area contributed by atoms with Gasteiger partial charge in [0.15, 0.2) is 5.13 Å². The lowest BCUT2D eigenvalue weighted by atomic mass is 10.1. The summed E-state index contributed by atoms with van der Waals surface area (Å²) in [5.41, 5.74) is 3.89. The Morgan fingerprint density at radius 3 is 2.77 bits per heavy atom. The van der Waals surface area contributed by atoms with Crippen molar-refractivity contribution in [1.29, 1.82) is 0 Å². The van der Waals surface area contributed by atoms with E-state index in [1.807, 2.05) is 35.3 Å². The number of hydrogen-bond acceptors (Lipinski definition) is 6. The molecule has 0 unspecified atom stereocenters. The molecule has 0 fully saturated rings. The van der Waals surface area contributed by atoms with Crippen LogP contribution in [0.3, 0.4) is 0 Å². The van der Waals surface area contributed by atoms with Gasteiger partial charge in [0.1, 0.15) is 0 Å². The van der Waals surface area contributed by atoms with Crippen molar-refractivity contribution in [2.75, 3.05) is 22.0 Å². The highest BCUT2D eigenvalue weighted by molar-refractivity contribution is 8.00. The highest BCUT2D eigenvalue weighted by Crippen LogP contribution is 2.28. The Bertz CT molecular complexity index is 1050. The Labute approximate surface area is 196 Å². The lowest BCUT2D eigenvalue weighted by molar-refractivity contribution is -0.114. The number of carbonyl (C=O) groups excluding carboxylic acids is 1. The minimum atomic E-state index is -0.115. The molecule has 1 heterocycles. The first-order chi connectivity index (χ1) is 15.1. The predicted octanol–water partition coefficient (Wildman–Crippen LogP) is 6.77. The molecule has 2 aromatic carbocycles. The van der Waals surface area contributed by atoms with Crippen LogP contribution >= 0.6 is 35.0 Å². The quantitative estimate of drug-likeness (QED) is 0.207. The molecular weight excluding hydrogens is 442 g/mol. The Morgan fingerprint density at radius 2 is 2.00 bits per heavy atom. The van der Waals surface area contributed by atoms with Crippen LogP contribution in [0, 0.1) is 11.8 Å². The number of unbranched alkanes of at least 4 members (excludes halogenated alkanes) is 2. The molecular formula is C24H25N3OS3. The minimum absolute atomic E-state index is 0.115. The SMILES string of the molecule is CSCCCCC#Cc1ccc(SNc2cccc(-c3csc(NC(C)=O)n3)c2)cc1. The Hall–Kier alpha value is -2.40. The molecule has 0 bridgehead atoms. The maximum atomic E-state index is 11.2. The average molecular weight is 468 g/mol. The van der Waals surface area contributed by atoms with Crippen LogP contribution in [0.15, 0.2) is 58.8 Å². The largest absolute Gasteiger partial charge is 0.326 e. The summed E-state index contributed by atoms with van der Waals surface area (Å²) in [4.78, 5) is 16.8. The van der Waals surface area contributed by atoms with E-state index in [-0.39, 0.29) is 5.91 Å². The summed E-state index contributed by atoms with van der Waals surface area (Å²) >= 11 is 4.87. The van der Waals surface area contributed by atoms with E-state index in [1.165, 1.54) is 36.9 Å². The lowest BCUT2D eigenvalue weighted by Gasteiger charge is -2.07. The topological polar surface area (TPSA) is 54.0 Å². The molecule has 0 saturated carbocycles. The highest BCUT2D eigenvalue weighted by Gasteiger charge is 2.06. The molecule has 0 aliphatic carbocycles. The van der Waals surface area contributed by atoms with Gasteiger partial charge in [-0.2, -0.15) is 11.8 Å². The van der Waals surface area contributed by atoms with Gasteiger partial charge in [-0.05, 0) is 73.2 Å². The fraction of sp³-hybridized carbons (Fsp3) is 0.250. The molecule has 3 rings (SSSR count). The zero-order valence-electron chi connectivity index (χ0n) is 17.6. The molecule has 7 heteroatoms. The summed E-state index contributed by atoms with van der Waals surface area (Å²) < 4.78 is 3.39. The van der Waals surface area contributed by atoms with Gasteiger partial charge in [0.2, 0.25) is 5.91 Å². The van der Waals surface area contributed by atoms with E-state index in [1.54, 1.807) is 11.9 Å². The molecule has 2 N–H and O–H groups in total. The van der Waals surface area contributed by atoms with E-state index in [9.17, 15) is 4.79 Å². The average Bonchev–Trinajstić information content (AvgIpc) is 3.23. The Balaban J connectivity index is 1.53. The number of anilines is 2. The van der Waals surface area contributed by atoms with Crippen LogP contribution in [0.5, 0.6) is 0 Å². The second-order valence-corrected chi connectivity index (χ2v) is 9.50. The maximum Gasteiger partial charge on any atom is 0.223 e. The van der Waals surface area contributed by atoms with Gasteiger partial charge in [-0.25, -0.2) is 4.98 Å². The number of rotatable bonds is 9. The molecule has 0 spiro atoms. The number of nitrogens with zero attached hydrogens (tertiary/aromatic N) is 1. The zero-order chi connectivity index (χ0) is 21.9. The Morgan fingerprint density at radius 1 is 1.16 bits per heavy atom. The molecule has 0 radical (unpaired) electrons. The van der Waals surface area contributed by atoms with E-state index >= 15 is 0 Å². The van der Waals surface area contributed by atoms with Gasteiger partial charge in [-0.1, -0.05) is 24.0 Å². The van der Waals surface area contributed by atoms with Crippen molar-refractivity contribution in [1.82, 2.24) is 4.98 Å². The molecule has 4 nitrogen and oxygen atoms in total. The first-order valence-corrected chi connectivity index (χ1v) is 13.1. The van der Waals surface area contributed by atoms with Gasteiger partial charge in [0.05, 0.1) is 5.69 Å². The van der Waals surface area contributed by atoms with Crippen LogP contribution in [0.1, 0.15) is 31.7 Å². The lowest BCUT2D eigenvalue weighted by Crippen LogP contribution is -2.04. The Kier molecular flexibility index (Phi) is 9.35. The van der Waals surface area contributed by atoms with Gasteiger partial charge in [-0.15, -0.1) is 11.3 Å². The summed E-state index contributed by atoms with van der Waals surface area (Å²) in [6.07, 6.45) is 5.50. The normalized spacial score (nSPS) is 10.3. The molecule has 1 amide bonds. The molecule has 0 saturated heterocycles. The summed E-state index contributed by atoms with van der Waals surface area (Å²) in [5.74, 6) is 7.60. The molecule has 0 aliphatic heterocycles. The molecule has 0 aliphatic rings. The molecule has 31 heavy (non-hydrogen) atoms. The van der Waals surface area contributed by atoms with Gasteiger partial charge in [-0.3, -0.25) is 4.79 Å². The van der Waals surface area contributed by atoms with Crippen molar-refractivity contribution >= 4 is 51.8 Å². The van der Waals surface area contributed by atoms with Crippen LogP contribution < -0.4 is 10.0 Å². The number of carbonyl (C=O) groups is 1. The van der Waals surface area contributed by atoms with Crippen molar-refractivity contribution in [2.24, 2.45) is 0 Å². The van der Waals surface area contributed by atoms with Gasteiger partial charge in [0, 0.05) is 40.4 Å². The summed E-state index contributed by atoms with van der Waals surface area (Å²) in [7, 11) is 0. The van der Waals surface area contributed by atoms with Crippen molar-refractivity contribution < 1.29 is 4.79 Å². The number of hydrogen-bond donors (Lipinski definition) is 2. The number of amides is 1. The molecule has 3 aromatic rings. The van der Waals surface area contributed by atoms with E-state index < -0.39 is 0 Å². The summed E-state index contributed by atoms with van der Waals surface area (Å²) in [5, 5.41) is 5.28. The van der Waals surface area contributed by atoms with Gasteiger partial charge in [0.25, 0.3) is 0 Å². The van der Waals surface area contributed by atoms with Crippen molar-refractivity contribution in [2.45, 2.75) is 31.1 Å².